The number of oxime groups is 1. The van der Waals surface area contributed by atoms with E-state index in [0.717, 1.165) is 17.7 Å². The summed E-state index contributed by atoms with van der Waals surface area (Å²) in [5.74, 6) is -0.422. The summed E-state index contributed by atoms with van der Waals surface area (Å²) < 4.78 is 11.8. The number of nitrogens with zero attached hydrogens (tertiary/aromatic N) is 1. The van der Waals surface area contributed by atoms with Gasteiger partial charge in [-0.05, 0) is 30.1 Å². The summed E-state index contributed by atoms with van der Waals surface area (Å²) in [6, 6.07) is 9.79. The summed E-state index contributed by atoms with van der Waals surface area (Å²) in [5, 5.41) is 4.30. The van der Waals surface area contributed by atoms with Crippen molar-refractivity contribution in [2.45, 2.75) is 76.8 Å². The summed E-state index contributed by atoms with van der Waals surface area (Å²) in [5.41, 5.74) is 0.470. The first-order chi connectivity index (χ1) is 12.6. The van der Waals surface area contributed by atoms with E-state index in [9.17, 15) is 4.79 Å². The number of hydrogen-bond acceptors (Lipinski definition) is 5. The molecule has 0 amide bonds. The van der Waals surface area contributed by atoms with Gasteiger partial charge in [0.25, 0.3) is 5.60 Å². The molecule has 150 valence electrons. The molecule has 6 heteroatoms. The second-order valence-electron chi connectivity index (χ2n) is 8.71. The minimum atomic E-state index is -2.12. The van der Waals surface area contributed by atoms with Gasteiger partial charge in [0.15, 0.2) is 8.32 Å². The highest BCUT2D eigenvalue weighted by atomic mass is 28.4. The second kappa shape index (κ2) is 8.15. The summed E-state index contributed by atoms with van der Waals surface area (Å²) in [6.45, 7) is 13.0. The fourth-order valence-corrected chi connectivity index (χ4v) is 4.38. The second-order valence-corrected chi connectivity index (χ2v) is 13.5. The van der Waals surface area contributed by atoms with Crippen LogP contribution in [0.1, 0.15) is 52.5 Å². The van der Waals surface area contributed by atoms with Gasteiger partial charge < -0.3 is 14.0 Å². The molecule has 0 bridgehead atoms. The van der Waals surface area contributed by atoms with Crippen LogP contribution in [0.15, 0.2) is 35.5 Å². The van der Waals surface area contributed by atoms with Crippen LogP contribution in [0, 0.1) is 0 Å². The minimum absolute atomic E-state index is 0.0258. The van der Waals surface area contributed by atoms with Gasteiger partial charge in [-0.15, -0.1) is 0 Å². The smallest absolute Gasteiger partial charge is 0.356 e. The normalized spacial score (nSPS) is 21.4. The van der Waals surface area contributed by atoms with Crippen molar-refractivity contribution in [2.75, 3.05) is 7.11 Å². The first kappa shape index (κ1) is 21.6. The number of rotatable bonds is 7. The molecular weight excluding hydrogens is 358 g/mol. The number of ether oxygens (including phenoxy) is 1. The highest BCUT2D eigenvalue weighted by molar-refractivity contribution is 6.74. The Morgan fingerprint density at radius 1 is 1.30 bits per heavy atom. The summed E-state index contributed by atoms with van der Waals surface area (Å²) in [6.07, 6.45) is 1.53. The summed E-state index contributed by atoms with van der Waals surface area (Å²) in [7, 11) is -0.726. The highest BCUT2D eigenvalue weighted by Crippen LogP contribution is 2.42. The van der Waals surface area contributed by atoms with E-state index in [0.29, 0.717) is 12.8 Å². The van der Waals surface area contributed by atoms with E-state index in [1.807, 2.05) is 30.3 Å². The molecule has 2 atom stereocenters. The third-order valence-electron chi connectivity index (χ3n) is 5.70. The summed E-state index contributed by atoms with van der Waals surface area (Å²) >= 11 is 0. The number of esters is 1. The maximum Gasteiger partial charge on any atom is 0.356 e. The van der Waals surface area contributed by atoms with Gasteiger partial charge in [-0.1, -0.05) is 69.6 Å². The first-order valence-corrected chi connectivity index (χ1v) is 12.5. The van der Waals surface area contributed by atoms with Crippen molar-refractivity contribution in [2.24, 2.45) is 5.16 Å². The molecule has 5 nitrogen and oxygen atoms in total. The standard InChI is InChI=1S/C21H33NO4Si/c1-8-12-18(25-27(6,7)20(2,3)4)21(19(23)24-5)15-17(22-26-21)16-13-10-9-11-14-16/h9-11,13-14,18H,8,12,15H2,1-7H3/t18-,21-/m1/s1. The molecular formula is C21H33NO4Si. The van der Waals surface area contributed by atoms with Gasteiger partial charge in [0, 0.05) is 0 Å². The molecule has 1 heterocycles. The van der Waals surface area contributed by atoms with E-state index in [1.165, 1.54) is 7.11 Å². The molecule has 1 aliphatic rings. The van der Waals surface area contributed by atoms with Gasteiger partial charge in [-0.2, -0.15) is 0 Å². The van der Waals surface area contributed by atoms with Crippen molar-refractivity contribution in [3.63, 3.8) is 0 Å². The lowest BCUT2D eigenvalue weighted by Gasteiger charge is -2.43. The monoisotopic (exact) mass is 391 g/mol. The molecule has 0 radical (unpaired) electrons. The Morgan fingerprint density at radius 3 is 2.44 bits per heavy atom. The molecule has 1 aliphatic heterocycles. The molecule has 0 saturated heterocycles. The van der Waals surface area contributed by atoms with Crippen LogP contribution in [0.25, 0.3) is 0 Å². The van der Waals surface area contributed by atoms with Crippen LogP contribution in [0.5, 0.6) is 0 Å². The average Bonchev–Trinajstić information content (AvgIpc) is 3.07. The number of hydrogen-bond donors (Lipinski definition) is 0. The van der Waals surface area contributed by atoms with Crippen molar-refractivity contribution in [1.82, 2.24) is 0 Å². The molecule has 0 aliphatic carbocycles. The predicted octanol–water partition coefficient (Wildman–Crippen LogP) is 4.91. The lowest BCUT2D eigenvalue weighted by Crippen LogP contribution is -2.56. The Bertz CT molecular complexity index is 681. The number of benzene rings is 1. The lowest BCUT2D eigenvalue weighted by atomic mass is 9.87. The van der Waals surface area contributed by atoms with Gasteiger partial charge in [-0.3, -0.25) is 0 Å². The van der Waals surface area contributed by atoms with E-state index < -0.39 is 26.0 Å². The van der Waals surface area contributed by atoms with Crippen LogP contribution in [-0.2, 0) is 18.8 Å². The molecule has 27 heavy (non-hydrogen) atoms. The molecule has 1 aromatic carbocycles. The average molecular weight is 392 g/mol. The van der Waals surface area contributed by atoms with Gasteiger partial charge in [0.05, 0.1) is 25.3 Å². The Kier molecular flexibility index (Phi) is 6.53. The quantitative estimate of drug-likeness (QED) is 0.489. The van der Waals surface area contributed by atoms with E-state index in [-0.39, 0.29) is 5.04 Å². The maximum atomic E-state index is 12.9. The van der Waals surface area contributed by atoms with Crippen LogP contribution in [0.4, 0.5) is 0 Å². The van der Waals surface area contributed by atoms with E-state index in [1.54, 1.807) is 0 Å². The van der Waals surface area contributed by atoms with Gasteiger partial charge in [-0.25, -0.2) is 4.79 Å². The zero-order valence-corrected chi connectivity index (χ0v) is 18.7. The van der Waals surface area contributed by atoms with Crippen molar-refractivity contribution in [3.8, 4) is 0 Å². The molecule has 1 aromatic rings. The highest BCUT2D eigenvalue weighted by Gasteiger charge is 2.56. The van der Waals surface area contributed by atoms with Crippen molar-refractivity contribution < 1.29 is 18.8 Å². The zero-order chi connectivity index (χ0) is 20.3. The van der Waals surface area contributed by atoms with Gasteiger partial charge in [0.1, 0.15) is 0 Å². The van der Waals surface area contributed by atoms with Crippen LogP contribution in [0.2, 0.25) is 18.1 Å². The Morgan fingerprint density at radius 2 is 1.93 bits per heavy atom. The topological polar surface area (TPSA) is 57.1 Å². The Hall–Kier alpha value is -1.66. The van der Waals surface area contributed by atoms with Crippen molar-refractivity contribution in [3.05, 3.63) is 35.9 Å². The molecule has 0 unspecified atom stereocenters. The van der Waals surface area contributed by atoms with Crippen LogP contribution in [-0.4, -0.2) is 38.8 Å². The summed E-state index contributed by atoms with van der Waals surface area (Å²) in [4.78, 5) is 18.7. The fraction of sp³-hybridized carbons (Fsp3) is 0.619. The zero-order valence-electron chi connectivity index (χ0n) is 17.7. The number of methoxy groups -OCH3 is 1. The molecule has 0 spiro atoms. The predicted molar refractivity (Wildman–Crippen MR) is 110 cm³/mol. The third kappa shape index (κ3) is 4.43. The molecule has 0 N–H and O–H groups in total. The van der Waals surface area contributed by atoms with Crippen LogP contribution >= 0.6 is 0 Å². The third-order valence-corrected chi connectivity index (χ3v) is 10.2. The largest absolute Gasteiger partial charge is 0.466 e. The lowest BCUT2D eigenvalue weighted by molar-refractivity contribution is -0.180. The number of carbonyl (C=O) groups excluding carboxylic acids is 1. The number of carbonyl (C=O) groups is 1. The van der Waals surface area contributed by atoms with E-state index in [4.69, 9.17) is 14.0 Å². The Labute approximate surface area is 164 Å². The SMILES string of the molecule is CCC[C@@H](O[Si](C)(C)C(C)(C)C)[C@@]1(C(=O)OC)CC(c2ccccc2)=NO1. The van der Waals surface area contributed by atoms with Crippen molar-refractivity contribution >= 4 is 20.0 Å². The van der Waals surface area contributed by atoms with Crippen LogP contribution in [0.3, 0.4) is 0 Å². The fourth-order valence-electron chi connectivity index (χ4n) is 3.00. The maximum absolute atomic E-state index is 12.9. The molecule has 2 rings (SSSR count). The van der Waals surface area contributed by atoms with Gasteiger partial charge in [0.2, 0.25) is 0 Å². The van der Waals surface area contributed by atoms with Crippen molar-refractivity contribution in [1.29, 1.82) is 0 Å². The van der Waals surface area contributed by atoms with E-state index in [2.05, 4.69) is 45.9 Å². The molecule has 0 aromatic heterocycles. The van der Waals surface area contributed by atoms with E-state index >= 15 is 0 Å². The Balaban J connectivity index is 2.38. The van der Waals surface area contributed by atoms with Crippen LogP contribution < -0.4 is 0 Å². The minimum Gasteiger partial charge on any atom is -0.466 e. The van der Waals surface area contributed by atoms with Gasteiger partial charge >= 0.3 is 5.97 Å². The molecule has 0 saturated carbocycles. The molecule has 0 fully saturated rings. The first-order valence-electron chi connectivity index (χ1n) is 9.64.